The molecule has 2 aliphatic heterocycles. The number of carbonyl (C=O) groups is 2. The lowest BCUT2D eigenvalue weighted by molar-refractivity contribution is -0.140. The van der Waals surface area contributed by atoms with E-state index in [1.54, 1.807) is 11.1 Å². The summed E-state index contributed by atoms with van der Waals surface area (Å²) in [6.07, 6.45) is 5.55. The van der Waals surface area contributed by atoms with Crippen molar-refractivity contribution < 1.29 is 18.4 Å². The topological polar surface area (TPSA) is 101 Å². The van der Waals surface area contributed by atoms with E-state index < -0.39 is 17.7 Å². The SMILES string of the molecule is N#CNC(=NC1CCCCN(CC(=O)N2CCCC2)C1=O)Nc1ccc(F)cc1F. The molecule has 0 saturated carbocycles. The van der Waals surface area contributed by atoms with Gasteiger partial charge in [-0.05, 0) is 44.2 Å². The first kappa shape index (κ1) is 21.5. The fraction of sp³-hybridized carbons (Fsp3) is 0.500. The maximum Gasteiger partial charge on any atom is 0.247 e. The van der Waals surface area contributed by atoms with E-state index in [0.29, 0.717) is 32.1 Å². The summed E-state index contributed by atoms with van der Waals surface area (Å²) in [5.41, 5.74) is -0.0833. The van der Waals surface area contributed by atoms with Crippen LogP contribution in [0.4, 0.5) is 14.5 Å². The van der Waals surface area contributed by atoms with Crippen molar-refractivity contribution >= 4 is 23.5 Å². The Labute approximate surface area is 173 Å². The molecule has 160 valence electrons. The predicted octanol–water partition coefficient (Wildman–Crippen LogP) is 1.81. The zero-order valence-corrected chi connectivity index (χ0v) is 16.5. The van der Waals surface area contributed by atoms with Gasteiger partial charge in [0.2, 0.25) is 17.8 Å². The van der Waals surface area contributed by atoms with E-state index in [0.717, 1.165) is 31.7 Å². The van der Waals surface area contributed by atoms with Gasteiger partial charge in [-0.2, -0.15) is 5.26 Å². The van der Waals surface area contributed by atoms with Crippen LogP contribution in [0.3, 0.4) is 0 Å². The van der Waals surface area contributed by atoms with E-state index in [1.165, 1.54) is 11.0 Å². The highest BCUT2D eigenvalue weighted by Gasteiger charge is 2.30. The van der Waals surface area contributed by atoms with Gasteiger partial charge in [0.25, 0.3) is 0 Å². The fourth-order valence-corrected chi connectivity index (χ4v) is 3.61. The van der Waals surface area contributed by atoms with Crippen molar-refractivity contribution in [1.82, 2.24) is 15.1 Å². The lowest BCUT2D eigenvalue weighted by atomic mass is 10.1. The van der Waals surface area contributed by atoms with Crippen molar-refractivity contribution in [1.29, 1.82) is 5.26 Å². The second-order valence-electron chi connectivity index (χ2n) is 7.32. The maximum atomic E-state index is 13.9. The molecule has 3 rings (SSSR count). The van der Waals surface area contributed by atoms with E-state index in [1.807, 2.05) is 0 Å². The molecule has 2 amide bonds. The molecule has 2 aliphatic rings. The number of rotatable bonds is 4. The van der Waals surface area contributed by atoms with Crippen LogP contribution in [0, 0.1) is 23.1 Å². The second kappa shape index (κ2) is 10.0. The van der Waals surface area contributed by atoms with Crippen LogP contribution in [0.2, 0.25) is 0 Å². The summed E-state index contributed by atoms with van der Waals surface area (Å²) in [7, 11) is 0. The van der Waals surface area contributed by atoms with Crippen LogP contribution in [0.15, 0.2) is 23.2 Å². The largest absolute Gasteiger partial charge is 0.341 e. The van der Waals surface area contributed by atoms with Gasteiger partial charge in [0.1, 0.15) is 17.7 Å². The van der Waals surface area contributed by atoms with E-state index in [-0.39, 0.29) is 30.0 Å². The van der Waals surface area contributed by atoms with Crippen molar-refractivity contribution in [2.24, 2.45) is 4.99 Å². The Bertz CT molecular complexity index is 863. The summed E-state index contributed by atoms with van der Waals surface area (Å²) in [5.74, 6) is -2.09. The van der Waals surface area contributed by atoms with E-state index in [4.69, 9.17) is 5.26 Å². The Kier molecular flexibility index (Phi) is 7.17. The number of anilines is 1. The lowest BCUT2D eigenvalue weighted by Crippen LogP contribution is -2.45. The molecule has 2 heterocycles. The molecule has 1 atom stereocenters. The minimum absolute atomic E-state index is 0.00584. The van der Waals surface area contributed by atoms with Gasteiger partial charge in [0.15, 0.2) is 6.19 Å². The third-order valence-electron chi connectivity index (χ3n) is 5.18. The van der Waals surface area contributed by atoms with Gasteiger partial charge in [-0.25, -0.2) is 13.8 Å². The fourth-order valence-electron chi connectivity index (χ4n) is 3.61. The van der Waals surface area contributed by atoms with E-state index >= 15 is 0 Å². The minimum atomic E-state index is -0.854. The Morgan fingerprint density at radius 2 is 1.93 bits per heavy atom. The average molecular weight is 418 g/mol. The average Bonchev–Trinajstić information content (AvgIpc) is 3.20. The van der Waals surface area contributed by atoms with Crippen molar-refractivity contribution in [2.75, 3.05) is 31.5 Å². The molecule has 1 unspecified atom stereocenters. The normalized spacial score (nSPS) is 20.0. The highest BCUT2D eigenvalue weighted by Crippen LogP contribution is 2.18. The molecule has 0 aromatic heterocycles. The number of hydrogen-bond donors (Lipinski definition) is 2. The number of carbonyl (C=O) groups excluding carboxylic acids is 2. The monoisotopic (exact) mass is 418 g/mol. The first-order valence-electron chi connectivity index (χ1n) is 9.99. The van der Waals surface area contributed by atoms with Gasteiger partial charge < -0.3 is 15.1 Å². The third kappa shape index (κ3) is 5.43. The zero-order chi connectivity index (χ0) is 21.5. The van der Waals surface area contributed by atoms with Crippen molar-refractivity contribution in [2.45, 2.75) is 38.1 Å². The van der Waals surface area contributed by atoms with E-state index in [2.05, 4.69) is 15.6 Å². The van der Waals surface area contributed by atoms with Crippen LogP contribution in [0.1, 0.15) is 32.1 Å². The van der Waals surface area contributed by atoms with Gasteiger partial charge >= 0.3 is 0 Å². The number of amides is 2. The summed E-state index contributed by atoms with van der Waals surface area (Å²) in [4.78, 5) is 33.0. The maximum absolute atomic E-state index is 13.9. The second-order valence-corrected chi connectivity index (χ2v) is 7.32. The smallest absolute Gasteiger partial charge is 0.247 e. The van der Waals surface area contributed by atoms with Gasteiger partial charge in [-0.3, -0.25) is 14.9 Å². The summed E-state index contributed by atoms with van der Waals surface area (Å²) in [5, 5.41) is 13.9. The summed E-state index contributed by atoms with van der Waals surface area (Å²) in [6.45, 7) is 1.90. The number of guanidine groups is 1. The molecule has 2 saturated heterocycles. The molecule has 0 radical (unpaired) electrons. The minimum Gasteiger partial charge on any atom is -0.341 e. The van der Waals surface area contributed by atoms with Crippen molar-refractivity contribution in [3.05, 3.63) is 29.8 Å². The van der Waals surface area contributed by atoms with Crippen LogP contribution >= 0.6 is 0 Å². The highest BCUT2D eigenvalue weighted by atomic mass is 19.1. The number of aliphatic imine (C=N–C) groups is 1. The molecule has 30 heavy (non-hydrogen) atoms. The summed E-state index contributed by atoms with van der Waals surface area (Å²) in [6, 6.07) is 2.13. The van der Waals surface area contributed by atoms with Crippen molar-refractivity contribution in [3.63, 3.8) is 0 Å². The van der Waals surface area contributed by atoms with Crippen LogP contribution in [0.5, 0.6) is 0 Å². The summed E-state index contributed by atoms with van der Waals surface area (Å²) >= 11 is 0. The predicted molar refractivity (Wildman–Crippen MR) is 106 cm³/mol. The molecule has 0 aliphatic carbocycles. The van der Waals surface area contributed by atoms with E-state index in [9.17, 15) is 18.4 Å². The Morgan fingerprint density at radius 1 is 1.20 bits per heavy atom. The molecule has 0 spiro atoms. The Hall–Kier alpha value is -3.22. The summed E-state index contributed by atoms with van der Waals surface area (Å²) < 4.78 is 27.1. The molecular formula is C20H24F2N6O2. The first-order chi connectivity index (χ1) is 14.5. The molecule has 2 fully saturated rings. The van der Waals surface area contributed by atoms with Crippen LogP contribution in [0.25, 0.3) is 0 Å². The Morgan fingerprint density at radius 3 is 2.63 bits per heavy atom. The Balaban J connectivity index is 1.74. The number of likely N-dealkylation sites (tertiary alicyclic amines) is 2. The first-order valence-corrected chi connectivity index (χ1v) is 9.99. The third-order valence-corrected chi connectivity index (χ3v) is 5.18. The van der Waals surface area contributed by atoms with Crippen LogP contribution < -0.4 is 10.6 Å². The van der Waals surface area contributed by atoms with Gasteiger partial charge in [-0.15, -0.1) is 0 Å². The van der Waals surface area contributed by atoms with Gasteiger partial charge in [-0.1, -0.05) is 0 Å². The van der Waals surface area contributed by atoms with Crippen LogP contribution in [-0.4, -0.2) is 59.8 Å². The molecular weight excluding hydrogens is 394 g/mol. The van der Waals surface area contributed by atoms with Gasteiger partial charge in [0.05, 0.1) is 12.2 Å². The molecule has 1 aromatic carbocycles. The number of nitrogens with one attached hydrogen (secondary N) is 2. The number of hydrogen-bond acceptors (Lipinski definition) is 4. The standard InChI is InChI=1S/C20H24F2N6O2/c21-14-6-7-16(15(22)11-14)25-20(24-13-23)26-17-5-1-2-10-28(19(17)30)12-18(29)27-8-3-4-9-27/h6-7,11,17H,1-5,8-10,12H2,(H2,24,25,26). The molecule has 10 heteroatoms. The number of halogens is 2. The molecule has 0 bridgehead atoms. The zero-order valence-electron chi connectivity index (χ0n) is 16.5. The molecule has 1 aromatic rings. The quantitative estimate of drug-likeness (QED) is 0.336. The number of nitriles is 1. The van der Waals surface area contributed by atoms with Crippen molar-refractivity contribution in [3.8, 4) is 6.19 Å². The highest BCUT2D eigenvalue weighted by molar-refractivity contribution is 5.97. The lowest BCUT2D eigenvalue weighted by Gasteiger charge is -2.25. The van der Waals surface area contributed by atoms with Gasteiger partial charge in [0, 0.05) is 25.7 Å². The molecule has 8 nitrogen and oxygen atoms in total. The molecule has 2 N–H and O–H groups in total. The number of benzene rings is 1. The number of nitrogens with zero attached hydrogens (tertiary/aromatic N) is 4. The van der Waals surface area contributed by atoms with Crippen LogP contribution in [-0.2, 0) is 9.59 Å².